The largest absolute Gasteiger partial charge is 0.496 e. The van der Waals surface area contributed by atoms with Crippen molar-refractivity contribution in [1.82, 2.24) is 5.32 Å². The molecule has 0 spiro atoms. The van der Waals surface area contributed by atoms with Gasteiger partial charge in [0, 0.05) is 40.6 Å². The number of ether oxygens (including phenoxy) is 2. The van der Waals surface area contributed by atoms with Crippen LogP contribution < -0.4 is 15.5 Å². The number of nitrogens with one attached hydrogen (secondary N) is 1. The van der Waals surface area contributed by atoms with Crippen molar-refractivity contribution in [2.45, 2.75) is 38.5 Å². The van der Waals surface area contributed by atoms with Gasteiger partial charge in [0.15, 0.2) is 11.2 Å². The molecule has 0 bridgehead atoms. The maximum Gasteiger partial charge on any atom is 0.336 e. The fraction of sp³-hybridized carbons (Fsp3) is 0.323. The lowest BCUT2D eigenvalue weighted by molar-refractivity contribution is -0.138. The molecule has 0 radical (unpaired) electrons. The van der Waals surface area contributed by atoms with Gasteiger partial charge in [0.25, 0.3) is 0 Å². The van der Waals surface area contributed by atoms with E-state index in [0.29, 0.717) is 40.1 Å². The number of Topliss-reactive ketones (excluding diaryl/α,β-unsaturated/α-hetero) is 1. The third-order valence-corrected chi connectivity index (χ3v) is 8.17. The summed E-state index contributed by atoms with van der Waals surface area (Å²) in [6.07, 6.45) is 2.15. The molecule has 0 amide bonds. The number of hydrogen-bond acceptors (Lipinski definition) is 8. The highest BCUT2D eigenvalue weighted by atomic mass is 32.2. The van der Waals surface area contributed by atoms with Gasteiger partial charge in [0.05, 0.1) is 30.3 Å². The Balaban J connectivity index is 1.61. The van der Waals surface area contributed by atoms with E-state index in [0.717, 1.165) is 17.1 Å². The lowest BCUT2D eigenvalue weighted by atomic mass is 9.71. The molecule has 2 aromatic carbocycles. The van der Waals surface area contributed by atoms with Crippen molar-refractivity contribution in [3.8, 4) is 5.75 Å². The van der Waals surface area contributed by atoms with Gasteiger partial charge in [-0.25, -0.2) is 4.79 Å². The molecule has 39 heavy (non-hydrogen) atoms. The summed E-state index contributed by atoms with van der Waals surface area (Å²) in [6, 6.07) is 14.7. The molecule has 5 rings (SSSR count). The maximum atomic E-state index is 13.9. The predicted octanol–water partition coefficient (Wildman–Crippen LogP) is 5.46. The van der Waals surface area contributed by atoms with E-state index in [9.17, 15) is 14.4 Å². The average Bonchev–Trinajstić information content (AvgIpc) is 2.94. The number of carbonyl (C=O) groups is 2. The minimum Gasteiger partial charge on any atom is -0.496 e. The van der Waals surface area contributed by atoms with Gasteiger partial charge in [0.2, 0.25) is 0 Å². The summed E-state index contributed by atoms with van der Waals surface area (Å²) < 4.78 is 17.0. The van der Waals surface area contributed by atoms with E-state index in [4.69, 9.17) is 13.9 Å². The Morgan fingerprint density at radius 2 is 1.85 bits per heavy atom. The summed E-state index contributed by atoms with van der Waals surface area (Å²) in [5.41, 5.74) is 3.33. The molecule has 1 aromatic heterocycles. The smallest absolute Gasteiger partial charge is 0.336 e. The Kier molecular flexibility index (Phi) is 7.93. The molecule has 8 heteroatoms. The minimum atomic E-state index is -0.889. The van der Waals surface area contributed by atoms with Gasteiger partial charge < -0.3 is 19.2 Å². The van der Waals surface area contributed by atoms with Crippen LogP contribution in [0.1, 0.15) is 49.7 Å². The molecule has 2 unspecified atom stereocenters. The fourth-order valence-corrected chi connectivity index (χ4v) is 6.04. The summed E-state index contributed by atoms with van der Waals surface area (Å²) in [5.74, 6) is 0.638. The quantitative estimate of drug-likeness (QED) is 0.295. The molecule has 1 aliphatic carbocycles. The number of fused-ring (bicyclic) bond motifs is 1. The van der Waals surface area contributed by atoms with Gasteiger partial charge in [0.1, 0.15) is 17.9 Å². The van der Waals surface area contributed by atoms with E-state index >= 15 is 0 Å². The number of methoxy groups -OCH3 is 1. The van der Waals surface area contributed by atoms with Crippen LogP contribution in [0.3, 0.4) is 0 Å². The number of esters is 1. The highest BCUT2D eigenvalue weighted by Crippen LogP contribution is 2.46. The second-order valence-electron chi connectivity index (χ2n) is 9.61. The number of para-hydroxylation sites is 2. The van der Waals surface area contributed by atoms with Crippen molar-refractivity contribution < 1.29 is 23.5 Å². The number of thioether (sulfide) groups is 1. The molecule has 0 saturated heterocycles. The summed E-state index contributed by atoms with van der Waals surface area (Å²) in [6.45, 7) is 4.07. The first-order valence-corrected chi connectivity index (χ1v) is 14.2. The normalized spacial score (nSPS) is 19.1. The van der Waals surface area contributed by atoms with Crippen LogP contribution in [0.25, 0.3) is 11.0 Å². The highest BCUT2D eigenvalue weighted by Gasteiger charge is 2.43. The molecule has 202 valence electrons. The Labute approximate surface area is 231 Å². The summed E-state index contributed by atoms with van der Waals surface area (Å²) in [7, 11) is 1.62. The van der Waals surface area contributed by atoms with Gasteiger partial charge >= 0.3 is 5.97 Å². The maximum absolute atomic E-state index is 13.9. The van der Waals surface area contributed by atoms with E-state index in [1.54, 1.807) is 50.1 Å². The third-order valence-electron chi connectivity index (χ3n) is 7.31. The Morgan fingerprint density at radius 3 is 2.64 bits per heavy atom. The zero-order valence-electron chi connectivity index (χ0n) is 22.2. The number of carbonyl (C=O) groups excluding carboxylic acids is 2. The van der Waals surface area contributed by atoms with Gasteiger partial charge in [-0.3, -0.25) is 9.59 Å². The first kappa shape index (κ1) is 26.8. The van der Waals surface area contributed by atoms with Crippen molar-refractivity contribution in [1.29, 1.82) is 0 Å². The van der Waals surface area contributed by atoms with Crippen LogP contribution in [0.15, 0.2) is 86.5 Å². The molecular formula is C31H31NO6S. The first-order valence-electron chi connectivity index (χ1n) is 13.1. The minimum absolute atomic E-state index is 0.110. The summed E-state index contributed by atoms with van der Waals surface area (Å²) in [4.78, 5) is 41.1. The van der Waals surface area contributed by atoms with Gasteiger partial charge in [-0.05, 0) is 42.9 Å². The van der Waals surface area contributed by atoms with Crippen LogP contribution >= 0.6 is 11.8 Å². The summed E-state index contributed by atoms with van der Waals surface area (Å²) in [5, 5.41) is 3.73. The third kappa shape index (κ3) is 5.13. The standard InChI is InChI=1S/C31H31NO6S/c1-4-39-14-13-37-31(35)27-18(2)32-23-15-19(20-9-5-7-11-25(20)36-3)16-24(33)29(23)28(27)22-17-38-26-12-8-6-10-21(26)30(22)34/h5-12,17,19,28,32H,4,13-16H2,1-3H3. The molecule has 2 aliphatic rings. The van der Waals surface area contributed by atoms with Crippen molar-refractivity contribution in [2.24, 2.45) is 0 Å². The molecule has 2 heterocycles. The van der Waals surface area contributed by atoms with E-state index in [-0.39, 0.29) is 41.3 Å². The molecule has 7 nitrogen and oxygen atoms in total. The predicted molar refractivity (Wildman–Crippen MR) is 152 cm³/mol. The first-order chi connectivity index (χ1) is 18.9. The molecule has 0 saturated carbocycles. The topological polar surface area (TPSA) is 94.8 Å². The van der Waals surface area contributed by atoms with Gasteiger partial charge in [-0.15, -0.1) is 0 Å². The number of benzene rings is 2. The van der Waals surface area contributed by atoms with Gasteiger partial charge in [-0.2, -0.15) is 11.8 Å². The van der Waals surface area contributed by atoms with E-state index < -0.39 is 11.9 Å². The van der Waals surface area contributed by atoms with E-state index in [1.807, 2.05) is 31.2 Å². The van der Waals surface area contributed by atoms with Crippen molar-refractivity contribution in [3.63, 3.8) is 0 Å². The van der Waals surface area contributed by atoms with Crippen LogP contribution in [-0.4, -0.2) is 37.0 Å². The van der Waals surface area contributed by atoms with Crippen LogP contribution in [0.2, 0.25) is 0 Å². The van der Waals surface area contributed by atoms with E-state index in [1.165, 1.54) is 6.26 Å². The number of ketones is 1. The zero-order valence-corrected chi connectivity index (χ0v) is 23.1. The van der Waals surface area contributed by atoms with Crippen molar-refractivity contribution in [3.05, 3.63) is 98.7 Å². The Hall–Kier alpha value is -3.78. The fourth-order valence-electron chi connectivity index (χ4n) is 5.55. The molecule has 3 aromatic rings. The molecule has 2 atom stereocenters. The Bertz CT molecular complexity index is 1550. The van der Waals surface area contributed by atoms with Crippen LogP contribution in [-0.2, 0) is 14.3 Å². The van der Waals surface area contributed by atoms with Crippen molar-refractivity contribution >= 4 is 34.5 Å². The summed E-state index contributed by atoms with van der Waals surface area (Å²) >= 11 is 1.67. The van der Waals surface area contributed by atoms with Gasteiger partial charge in [-0.1, -0.05) is 37.3 Å². The number of rotatable bonds is 8. The van der Waals surface area contributed by atoms with Crippen LogP contribution in [0.5, 0.6) is 5.75 Å². The Morgan fingerprint density at radius 1 is 1.08 bits per heavy atom. The highest BCUT2D eigenvalue weighted by molar-refractivity contribution is 7.99. The lowest BCUT2D eigenvalue weighted by Gasteiger charge is -2.36. The molecular weight excluding hydrogens is 514 g/mol. The number of allylic oxidation sites excluding steroid dienone is 3. The molecule has 1 aliphatic heterocycles. The number of hydrogen-bond donors (Lipinski definition) is 1. The van der Waals surface area contributed by atoms with Crippen molar-refractivity contribution in [2.75, 3.05) is 25.2 Å². The van der Waals surface area contributed by atoms with Crippen LogP contribution in [0, 0.1) is 0 Å². The molecule has 0 fully saturated rings. The molecule has 1 N–H and O–H groups in total. The zero-order chi connectivity index (χ0) is 27.5. The van der Waals surface area contributed by atoms with E-state index in [2.05, 4.69) is 5.32 Å². The SMILES string of the molecule is CCSCCOC(=O)C1=C(C)NC2=C(C(=O)CC(c3ccccc3OC)C2)C1c1coc2ccccc2c1=O. The average molecular weight is 546 g/mol. The monoisotopic (exact) mass is 545 g/mol. The lowest BCUT2D eigenvalue weighted by Crippen LogP contribution is -2.37. The van der Waals surface area contributed by atoms with Crippen LogP contribution in [0.4, 0.5) is 0 Å². The second-order valence-corrected chi connectivity index (χ2v) is 11.0. The number of dihydropyridines is 1. The second kappa shape index (κ2) is 11.5.